The van der Waals surface area contributed by atoms with Crippen LogP contribution in [0.3, 0.4) is 0 Å². The van der Waals surface area contributed by atoms with Gasteiger partial charge in [0.2, 0.25) is 17.8 Å². The van der Waals surface area contributed by atoms with E-state index < -0.39 is 0 Å². The molecule has 1 atom stereocenters. The van der Waals surface area contributed by atoms with Gasteiger partial charge in [-0.25, -0.2) is 0 Å². The largest absolute Gasteiger partial charge is 0.454 e. The minimum atomic E-state index is -0.125. The highest BCUT2D eigenvalue weighted by atomic mass is 32.2. The SMILES string of the molecule is CCOCCCNc1nnc(SCC(=O)NC(C)c2ccc3c(c2)OCO3)s1. The molecule has 0 saturated carbocycles. The number of nitrogens with one attached hydrogen (secondary N) is 2. The topological polar surface area (TPSA) is 94.6 Å². The zero-order valence-electron chi connectivity index (χ0n) is 15.9. The van der Waals surface area contributed by atoms with Gasteiger partial charge in [-0.15, -0.1) is 10.2 Å². The first-order valence-corrected chi connectivity index (χ1v) is 10.9. The second-order valence-electron chi connectivity index (χ2n) is 6.04. The molecule has 1 aliphatic heterocycles. The lowest BCUT2D eigenvalue weighted by molar-refractivity contribution is -0.119. The fourth-order valence-electron chi connectivity index (χ4n) is 2.53. The molecule has 2 aromatic rings. The molecule has 152 valence electrons. The van der Waals surface area contributed by atoms with Crippen molar-refractivity contribution in [2.75, 3.05) is 37.6 Å². The van der Waals surface area contributed by atoms with Gasteiger partial charge in [0.1, 0.15) is 0 Å². The van der Waals surface area contributed by atoms with E-state index in [0.717, 1.165) is 47.0 Å². The lowest BCUT2D eigenvalue weighted by Gasteiger charge is -2.14. The van der Waals surface area contributed by atoms with Gasteiger partial charge in [-0.3, -0.25) is 4.79 Å². The average Bonchev–Trinajstić information content (AvgIpc) is 3.34. The molecular formula is C18H24N4O4S2. The van der Waals surface area contributed by atoms with Crippen LogP contribution in [0.15, 0.2) is 22.5 Å². The molecule has 10 heteroatoms. The normalized spacial score (nSPS) is 13.4. The lowest BCUT2D eigenvalue weighted by atomic mass is 10.1. The van der Waals surface area contributed by atoms with Crippen LogP contribution in [0, 0.1) is 0 Å². The Labute approximate surface area is 172 Å². The van der Waals surface area contributed by atoms with Gasteiger partial charge in [0, 0.05) is 19.8 Å². The summed E-state index contributed by atoms with van der Waals surface area (Å²) < 4.78 is 16.7. The fourth-order valence-corrected chi connectivity index (χ4v) is 4.12. The number of nitrogens with zero attached hydrogens (tertiary/aromatic N) is 2. The van der Waals surface area contributed by atoms with Gasteiger partial charge in [-0.2, -0.15) is 0 Å². The Hall–Kier alpha value is -2.04. The van der Waals surface area contributed by atoms with Crippen LogP contribution in [0.25, 0.3) is 0 Å². The molecule has 2 heterocycles. The van der Waals surface area contributed by atoms with Crippen LogP contribution in [0.5, 0.6) is 11.5 Å². The zero-order chi connectivity index (χ0) is 19.8. The van der Waals surface area contributed by atoms with E-state index in [4.69, 9.17) is 14.2 Å². The number of rotatable bonds is 11. The first-order valence-electron chi connectivity index (χ1n) is 9.12. The van der Waals surface area contributed by atoms with E-state index in [1.165, 1.54) is 23.1 Å². The Morgan fingerprint density at radius 2 is 2.21 bits per heavy atom. The van der Waals surface area contributed by atoms with Crippen LogP contribution in [0.2, 0.25) is 0 Å². The number of carbonyl (C=O) groups is 1. The van der Waals surface area contributed by atoms with E-state index in [1.807, 2.05) is 32.0 Å². The number of thioether (sulfide) groups is 1. The lowest BCUT2D eigenvalue weighted by Crippen LogP contribution is -2.28. The number of fused-ring (bicyclic) bond motifs is 1. The highest BCUT2D eigenvalue weighted by molar-refractivity contribution is 8.01. The van der Waals surface area contributed by atoms with Crippen molar-refractivity contribution in [1.29, 1.82) is 0 Å². The monoisotopic (exact) mass is 424 g/mol. The van der Waals surface area contributed by atoms with Crippen molar-refractivity contribution in [3.8, 4) is 11.5 Å². The summed E-state index contributed by atoms with van der Waals surface area (Å²) in [6.45, 7) is 6.40. The van der Waals surface area contributed by atoms with Crippen LogP contribution < -0.4 is 20.1 Å². The molecule has 0 aliphatic carbocycles. The summed E-state index contributed by atoms with van der Waals surface area (Å²) >= 11 is 2.82. The van der Waals surface area contributed by atoms with E-state index in [2.05, 4.69) is 20.8 Å². The van der Waals surface area contributed by atoms with Crippen molar-refractivity contribution in [2.24, 2.45) is 0 Å². The smallest absolute Gasteiger partial charge is 0.231 e. The molecule has 0 spiro atoms. The highest BCUT2D eigenvalue weighted by Gasteiger charge is 2.17. The molecule has 0 fully saturated rings. The number of anilines is 1. The van der Waals surface area contributed by atoms with Gasteiger partial charge >= 0.3 is 0 Å². The van der Waals surface area contributed by atoms with Crippen LogP contribution in [0.1, 0.15) is 31.9 Å². The molecule has 2 N–H and O–H groups in total. The predicted molar refractivity (Wildman–Crippen MR) is 109 cm³/mol. The number of hydrogen-bond acceptors (Lipinski definition) is 9. The highest BCUT2D eigenvalue weighted by Crippen LogP contribution is 2.34. The van der Waals surface area contributed by atoms with Crippen LogP contribution in [-0.4, -0.2) is 48.4 Å². The molecule has 0 saturated heterocycles. The molecule has 8 nitrogen and oxygen atoms in total. The minimum Gasteiger partial charge on any atom is -0.454 e. The molecular weight excluding hydrogens is 400 g/mol. The van der Waals surface area contributed by atoms with Crippen LogP contribution in [0.4, 0.5) is 5.13 Å². The van der Waals surface area contributed by atoms with Crippen molar-refractivity contribution in [1.82, 2.24) is 15.5 Å². The molecule has 0 bridgehead atoms. The first-order chi connectivity index (χ1) is 13.7. The number of carbonyl (C=O) groups excluding carboxylic acids is 1. The van der Waals surface area contributed by atoms with Crippen molar-refractivity contribution in [3.05, 3.63) is 23.8 Å². The van der Waals surface area contributed by atoms with E-state index in [1.54, 1.807) is 0 Å². The molecule has 1 aromatic carbocycles. The average molecular weight is 425 g/mol. The van der Waals surface area contributed by atoms with Gasteiger partial charge in [-0.05, 0) is 38.0 Å². The quantitative estimate of drug-likeness (QED) is 0.420. The van der Waals surface area contributed by atoms with E-state index in [9.17, 15) is 4.79 Å². The first kappa shape index (κ1) is 20.7. The third-order valence-corrected chi connectivity index (χ3v) is 5.97. The maximum Gasteiger partial charge on any atom is 0.231 e. The van der Waals surface area contributed by atoms with Crippen LogP contribution in [-0.2, 0) is 9.53 Å². The van der Waals surface area contributed by atoms with Gasteiger partial charge in [0.25, 0.3) is 0 Å². The second kappa shape index (κ2) is 10.5. The summed E-state index contributed by atoms with van der Waals surface area (Å²) in [5, 5.41) is 15.2. The molecule has 28 heavy (non-hydrogen) atoms. The molecule has 1 aliphatic rings. The fraction of sp³-hybridized carbons (Fsp3) is 0.500. The number of hydrogen-bond donors (Lipinski definition) is 2. The maximum atomic E-state index is 12.3. The summed E-state index contributed by atoms with van der Waals surface area (Å²) in [5.74, 6) is 1.67. The van der Waals surface area contributed by atoms with Crippen LogP contribution >= 0.6 is 23.1 Å². The zero-order valence-corrected chi connectivity index (χ0v) is 17.5. The van der Waals surface area contributed by atoms with Crippen molar-refractivity contribution < 1.29 is 19.0 Å². The standard InChI is InChI=1S/C18H24N4O4S2/c1-3-24-8-4-7-19-17-21-22-18(28-17)27-10-16(23)20-12(2)13-5-6-14-15(9-13)26-11-25-14/h5-6,9,12H,3-4,7-8,10-11H2,1-2H3,(H,19,21)(H,20,23). The van der Waals surface area contributed by atoms with Gasteiger partial charge in [0.05, 0.1) is 11.8 Å². The summed E-state index contributed by atoms with van der Waals surface area (Å²) in [7, 11) is 0. The third kappa shape index (κ3) is 5.98. The second-order valence-corrected chi connectivity index (χ2v) is 8.24. The molecule has 0 radical (unpaired) electrons. The Kier molecular flexibility index (Phi) is 7.75. The number of benzene rings is 1. The summed E-state index contributed by atoms with van der Waals surface area (Å²) in [5.41, 5.74) is 0.969. The number of amides is 1. The Morgan fingerprint density at radius 3 is 3.07 bits per heavy atom. The summed E-state index contributed by atoms with van der Waals surface area (Å²) in [6.07, 6.45) is 0.913. The molecule has 1 aromatic heterocycles. The van der Waals surface area contributed by atoms with Crippen molar-refractivity contribution in [2.45, 2.75) is 30.6 Å². The third-order valence-electron chi connectivity index (χ3n) is 3.95. The Balaban J connectivity index is 1.39. The Bertz CT molecular complexity index is 787. The molecule has 3 rings (SSSR count). The maximum absolute atomic E-state index is 12.3. The molecule has 1 amide bonds. The van der Waals surface area contributed by atoms with Crippen molar-refractivity contribution in [3.63, 3.8) is 0 Å². The van der Waals surface area contributed by atoms with E-state index in [0.29, 0.717) is 5.75 Å². The van der Waals surface area contributed by atoms with Crippen molar-refractivity contribution >= 4 is 34.1 Å². The van der Waals surface area contributed by atoms with Gasteiger partial charge in [0.15, 0.2) is 15.8 Å². The number of aromatic nitrogens is 2. The summed E-state index contributed by atoms with van der Waals surface area (Å²) in [4.78, 5) is 12.3. The van der Waals surface area contributed by atoms with E-state index >= 15 is 0 Å². The predicted octanol–water partition coefficient (Wildman–Crippen LogP) is 3.07. The van der Waals surface area contributed by atoms with Gasteiger partial charge < -0.3 is 24.8 Å². The number of ether oxygens (including phenoxy) is 3. The summed E-state index contributed by atoms with van der Waals surface area (Å²) in [6, 6.07) is 5.56. The van der Waals surface area contributed by atoms with Gasteiger partial charge in [-0.1, -0.05) is 29.2 Å². The Morgan fingerprint density at radius 1 is 1.36 bits per heavy atom. The minimum absolute atomic E-state index is 0.0587. The molecule has 1 unspecified atom stereocenters. The van der Waals surface area contributed by atoms with E-state index in [-0.39, 0.29) is 24.5 Å².